The van der Waals surface area contributed by atoms with E-state index >= 15 is 0 Å². The first-order valence-electron chi connectivity index (χ1n) is 8.79. The maximum absolute atomic E-state index is 6.12. The Balaban J connectivity index is 1.59. The lowest BCUT2D eigenvalue weighted by Crippen LogP contribution is -1.98. The summed E-state index contributed by atoms with van der Waals surface area (Å²) in [5.41, 5.74) is 7.19. The van der Waals surface area contributed by atoms with Crippen molar-refractivity contribution >= 4 is 28.9 Å². The summed E-state index contributed by atoms with van der Waals surface area (Å²) in [6.07, 6.45) is 2.09. The molecule has 3 aromatic rings. The van der Waals surface area contributed by atoms with Gasteiger partial charge in [0.15, 0.2) is 0 Å². The molecular formula is C23H19Cl2N. The zero-order valence-corrected chi connectivity index (χ0v) is 16.1. The largest absolute Gasteiger partial charge is 0.281 e. The number of aliphatic imine (C=N–C) groups is 1. The van der Waals surface area contributed by atoms with Crippen LogP contribution in [0.5, 0.6) is 0 Å². The quantitative estimate of drug-likeness (QED) is 0.452. The molecule has 0 spiro atoms. The highest BCUT2D eigenvalue weighted by atomic mass is 35.5. The van der Waals surface area contributed by atoms with Gasteiger partial charge in [-0.1, -0.05) is 71.7 Å². The standard InChI is InChI=1S/C23H19Cl2N/c1-15-4-2-3-5-21(15)23-11-10-22(26-23)17-8-6-16(7-9-17)18-12-19(24)14-20(25)13-18/h2-9,12-14,22H,10-11H2,1H3. The number of nitrogens with zero attached hydrogens (tertiary/aromatic N) is 1. The van der Waals surface area contributed by atoms with Crippen LogP contribution in [-0.4, -0.2) is 5.71 Å². The number of benzene rings is 3. The number of rotatable bonds is 3. The minimum absolute atomic E-state index is 0.238. The van der Waals surface area contributed by atoms with Crippen molar-refractivity contribution in [3.8, 4) is 11.1 Å². The fourth-order valence-electron chi connectivity index (χ4n) is 3.55. The van der Waals surface area contributed by atoms with Crippen molar-refractivity contribution in [2.75, 3.05) is 0 Å². The topological polar surface area (TPSA) is 12.4 Å². The molecule has 0 bridgehead atoms. The fourth-order valence-corrected chi connectivity index (χ4v) is 4.08. The average molecular weight is 380 g/mol. The molecule has 0 saturated carbocycles. The van der Waals surface area contributed by atoms with Gasteiger partial charge < -0.3 is 0 Å². The van der Waals surface area contributed by atoms with Crippen LogP contribution in [-0.2, 0) is 0 Å². The van der Waals surface area contributed by atoms with Crippen LogP contribution in [0.25, 0.3) is 11.1 Å². The first kappa shape index (κ1) is 17.3. The lowest BCUT2D eigenvalue weighted by Gasteiger charge is -2.09. The monoisotopic (exact) mass is 379 g/mol. The smallest absolute Gasteiger partial charge is 0.0756 e. The minimum Gasteiger partial charge on any atom is -0.281 e. The van der Waals surface area contributed by atoms with Crippen molar-refractivity contribution in [1.82, 2.24) is 0 Å². The second-order valence-electron chi connectivity index (χ2n) is 6.73. The van der Waals surface area contributed by atoms with Crippen LogP contribution in [0.1, 0.15) is 35.6 Å². The summed E-state index contributed by atoms with van der Waals surface area (Å²) in [6.45, 7) is 2.15. The third kappa shape index (κ3) is 3.56. The molecule has 0 N–H and O–H groups in total. The maximum atomic E-state index is 6.12. The first-order valence-corrected chi connectivity index (χ1v) is 9.55. The van der Waals surface area contributed by atoms with Crippen LogP contribution < -0.4 is 0 Å². The summed E-state index contributed by atoms with van der Waals surface area (Å²) in [5.74, 6) is 0. The molecule has 1 unspecified atom stereocenters. The molecule has 4 rings (SSSR count). The molecule has 1 nitrogen and oxygen atoms in total. The first-order chi connectivity index (χ1) is 12.6. The highest BCUT2D eigenvalue weighted by Crippen LogP contribution is 2.33. The Kier molecular flexibility index (Phi) is 4.84. The maximum Gasteiger partial charge on any atom is 0.0756 e. The molecule has 0 radical (unpaired) electrons. The summed E-state index contributed by atoms with van der Waals surface area (Å²) >= 11 is 12.2. The summed E-state index contributed by atoms with van der Waals surface area (Å²) in [5, 5.41) is 1.31. The number of hydrogen-bond donors (Lipinski definition) is 0. The van der Waals surface area contributed by atoms with Crippen molar-refractivity contribution in [1.29, 1.82) is 0 Å². The number of halogens is 2. The van der Waals surface area contributed by atoms with Gasteiger partial charge in [-0.15, -0.1) is 0 Å². The summed E-state index contributed by atoms with van der Waals surface area (Å²) in [4.78, 5) is 4.99. The Morgan fingerprint density at radius 2 is 1.54 bits per heavy atom. The zero-order valence-electron chi connectivity index (χ0n) is 14.5. The van der Waals surface area contributed by atoms with E-state index in [1.54, 1.807) is 6.07 Å². The fraction of sp³-hybridized carbons (Fsp3) is 0.174. The van der Waals surface area contributed by atoms with Crippen LogP contribution in [0.3, 0.4) is 0 Å². The van der Waals surface area contributed by atoms with Crippen LogP contribution in [0.4, 0.5) is 0 Å². The Morgan fingerprint density at radius 1 is 0.846 bits per heavy atom. The Labute approximate surface area is 164 Å². The van der Waals surface area contributed by atoms with Gasteiger partial charge >= 0.3 is 0 Å². The highest BCUT2D eigenvalue weighted by Gasteiger charge is 2.21. The van der Waals surface area contributed by atoms with Gasteiger partial charge in [-0.3, -0.25) is 4.99 Å². The highest BCUT2D eigenvalue weighted by molar-refractivity contribution is 6.35. The Hall–Kier alpha value is -2.09. The zero-order chi connectivity index (χ0) is 18.1. The van der Waals surface area contributed by atoms with E-state index in [-0.39, 0.29) is 6.04 Å². The molecule has 130 valence electrons. The molecule has 1 aliphatic heterocycles. The van der Waals surface area contributed by atoms with E-state index in [0.717, 1.165) is 24.0 Å². The molecule has 1 atom stereocenters. The van der Waals surface area contributed by atoms with E-state index in [2.05, 4.69) is 55.5 Å². The van der Waals surface area contributed by atoms with Crippen molar-refractivity contribution in [3.63, 3.8) is 0 Å². The molecule has 0 saturated heterocycles. The number of aryl methyl sites for hydroxylation is 1. The Morgan fingerprint density at radius 3 is 2.23 bits per heavy atom. The SMILES string of the molecule is Cc1ccccc1C1=NC(c2ccc(-c3cc(Cl)cc(Cl)c3)cc2)CC1. The second-order valence-corrected chi connectivity index (χ2v) is 7.60. The molecule has 0 fully saturated rings. The van der Waals surface area contributed by atoms with E-state index < -0.39 is 0 Å². The van der Waals surface area contributed by atoms with Gasteiger partial charge in [-0.2, -0.15) is 0 Å². The third-order valence-electron chi connectivity index (χ3n) is 4.91. The minimum atomic E-state index is 0.238. The summed E-state index contributed by atoms with van der Waals surface area (Å²) in [6, 6.07) is 22.9. The molecular weight excluding hydrogens is 361 g/mol. The van der Waals surface area contributed by atoms with E-state index in [1.807, 2.05) is 12.1 Å². The molecule has 0 aromatic heterocycles. The Bertz CT molecular complexity index is 954. The summed E-state index contributed by atoms with van der Waals surface area (Å²) < 4.78 is 0. The normalized spacial score (nSPS) is 16.6. The van der Waals surface area contributed by atoms with Crippen LogP contribution in [0, 0.1) is 6.92 Å². The second kappa shape index (κ2) is 7.26. The van der Waals surface area contributed by atoms with E-state index in [4.69, 9.17) is 28.2 Å². The molecule has 26 heavy (non-hydrogen) atoms. The van der Waals surface area contributed by atoms with Crippen molar-refractivity contribution in [2.45, 2.75) is 25.8 Å². The average Bonchev–Trinajstić information content (AvgIpc) is 3.11. The van der Waals surface area contributed by atoms with Gasteiger partial charge in [0, 0.05) is 15.8 Å². The predicted octanol–water partition coefficient (Wildman–Crippen LogP) is 7.29. The van der Waals surface area contributed by atoms with Gasteiger partial charge in [0.2, 0.25) is 0 Å². The van der Waals surface area contributed by atoms with Crippen molar-refractivity contribution in [2.24, 2.45) is 4.99 Å². The molecule has 0 aliphatic carbocycles. The summed E-state index contributed by atoms with van der Waals surface area (Å²) in [7, 11) is 0. The molecule has 1 heterocycles. The van der Waals surface area contributed by atoms with Gasteiger partial charge in [0.1, 0.15) is 0 Å². The number of hydrogen-bond acceptors (Lipinski definition) is 1. The third-order valence-corrected chi connectivity index (χ3v) is 5.35. The van der Waals surface area contributed by atoms with Crippen LogP contribution >= 0.6 is 23.2 Å². The van der Waals surface area contributed by atoms with Crippen LogP contribution in [0.15, 0.2) is 71.7 Å². The predicted molar refractivity (Wildman–Crippen MR) is 112 cm³/mol. The van der Waals surface area contributed by atoms with Crippen molar-refractivity contribution < 1.29 is 0 Å². The van der Waals surface area contributed by atoms with Gasteiger partial charge in [-0.25, -0.2) is 0 Å². The van der Waals surface area contributed by atoms with E-state index in [9.17, 15) is 0 Å². The van der Waals surface area contributed by atoms with E-state index in [0.29, 0.717) is 10.0 Å². The van der Waals surface area contributed by atoms with Crippen molar-refractivity contribution in [3.05, 3.63) is 93.5 Å². The molecule has 3 aromatic carbocycles. The van der Waals surface area contributed by atoms with E-state index in [1.165, 1.54) is 22.4 Å². The van der Waals surface area contributed by atoms with Gasteiger partial charge in [0.25, 0.3) is 0 Å². The van der Waals surface area contributed by atoms with Gasteiger partial charge in [0.05, 0.1) is 6.04 Å². The van der Waals surface area contributed by atoms with Gasteiger partial charge in [-0.05, 0) is 65.8 Å². The van der Waals surface area contributed by atoms with Crippen LogP contribution in [0.2, 0.25) is 10.0 Å². The lowest BCUT2D eigenvalue weighted by molar-refractivity contribution is 0.723. The molecule has 0 amide bonds. The molecule has 1 aliphatic rings. The lowest BCUT2D eigenvalue weighted by atomic mass is 9.99. The molecule has 3 heteroatoms.